The zero-order chi connectivity index (χ0) is 15.9. The average molecular weight is 301 g/mol. The van der Waals surface area contributed by atoms with Crippen LogP contribution in [0.3, 0.4) is 0 Å². The van der Waals surface area contributed by atoms with Crippen molar-refractivity contribution >= 4 is 28.7 Å². The standard InChI is InChI=1S/C16H13F2N3O/c1-9-3-4-12(11(17)5-9)20-15-10(7-22)6-13-16(14(15)18)19-8-21(13)2/h3-8,20H,1-2H3. The fourth-order valence-electron chi connectivity index (χ4n) is 2.32. The average Bonchev–Trinajstić information content (AvgIpc) is 2.85. The van der Waals surface area contributed by atoms with Gasteiger partial charge in [-0.1, -0.05) is 6.07 Å². The van der Waals surface area contributed by atoms with Gasteiger partial charge in [-0.25, -0.2) is 13.8 Å². The molecule has 0 bridgehead atoms. The van der Waals surface area contributed by atoms with Crippen molar-refractivity contribution in [1.29, 1.82) is 0 Å². The molecule has 1 N–H and O–H groups in total. The van der Waals surface area contributed by atoms with Gasteiger partial charge < -0.3 is 9.88 Å². The number of carbonyl (C=O) groups is 1. The van der Waals surface area contributed by atoms with E-state index in [1.54, 1.807) is 24.6 Å². The SMILES string of the molecule is Cc1ccc(Nc2c(C=O)cc3c(ncn3C)c2F)c(F)c1. The van der Waals surface area contributed by atoms with E-state index < -0.39 is 11.6 Å². The number of hydrogen-bond donors (Lipinski definition) is 1. The van der Waals surface area contributed by atoms with Crippen molar-refractivity contribution in [3.05, 3.63) is 53.4 Å². The molecule has 0 radical (unpaired) electrons. The third kappa shape index (κ3) is 2.22. The molecule has 112 valence electrons. The smallest absolute Gasteiger partial charge is 0.175 e. The zero-order valence-electron chi connectivity index (χ0n) is 12.0. The van der Waals surface area contributed by atoms with Crippen LogP contribution in [0.4, 0.5) is 20.2 Å². The first-order valence-corrected chi connectivity index (χ1v) is 6.63. The summed E-state index contributed by atoms with van der Waals surface area (Å²) in [4.78, 5) is 15.2. The van der Waals surface area contributed by atoms with Crippen LogP contribution in [0.5, 0.6) is 0 Å². The van der Waals surface area contributed by atoms with Crippen molar-refractivity contribution < 1.29 is 13.6 Å². The fraction of sp³-hybridized carbons (Fsp3) is 0.125. The predicted octanol–water partition coefficient (Wildman–Crippen LogP) is 3.72. The summed E-state index contributed by atoms with van der Waals surface area (Å²) in [5.41, 5.74) is 1.50. The number of aldehydes is 1. The molecule has 0 fully saturated rings. The highest BCUT2D eigenvalue weighted by molar-refractivity contribution is 5.94. The molecule has 0 unspecified atom stereocenters. The van der Waals surface area contributed by atoms with Gasteiger partial charge in [-0.2, -0.15) is 0 Å². The first kappa shape index (κ1) is 14.2. The summed E-state index contributed by atoms with van der Waals surface area (Å²) >= 11 is 0. The van der Waals surface area contributed by atoms with E-state index >= 15 is 0 Å². The number of halogens is 2. The summed E-state index contributed by atoms with van der Waals surface area (Å²) in [6.45, 7) is 1.75. The number of hydrogen-bond acceptors (Lipinski definition) is 3. The number of nitrogens with one attached hydrogen (secondary N) is 1. The number of imidazole rings is 1. The molecule has 0 spiro atoms. The van der Waals surface area contributed by atoms with E-state index in [1.165, 1.54) is 24.5 Å². The predicted molar refractivity (Wildman–Crippen MR) is 80.5 cm³/mol. The first-order chi connectivity index (χ1) is 10.5. The molecule has 0 amide bonds. The molecule has 0 aliphatic carbocycles. The van der Waals surface area contributed by atoms with Crippen LogP contribution >= 0.6 is 0 Å². The lowest BCUT2D eigenvalue weighted by Crippen LogP contribution is -2.02. The maximum absolute atomic E-state index is 14.6. The van der Waals surface area contributed by atoms with Crippen LogP contribution in [0, 0.1) is 18.6 Å². The molecule has 0 aliphatic heterocycles. The Morgan fingerprint density at radius 2 is 2.05 bits per heavy atom. The number of aromatic nitrogens is 2. The molecule has 4 nitrogen and oxygen atoms in total. The van der Waals surface area contributed by atoms with Gasteiger partial charge in [0.2, 0.25) is 0 Å². The fourth-order valence-corrected chi connectivity index (χ4v) is 2.32. The van der Waals surface area contributed by atoms with Gasteiger partial charge in [0.1, 0.15) is 11.3 Å². The highest BCUT2D eigenvalue weighted by Gasteiger charge is 2.17. The summed E-state index contributed by atoms with van der Waals surface area (Å²) in [6.07, 6.45) is 1.99. The molecular formula is C16H13F2N3O. The summed E-state index contributed by atoms with van der Waals surface area (Å²) in [7, 11) is 1.70. The number of aryl methyl sites for hydroxylation is 2. The lowest BCUT2D eigenvalue weighted by atomic mass is 10.1. The lowest BCUT2D eigenvalue weighted by Gasteiger charge is -2.12. The second-order valence-corrected chi connectivity index (χ2v) is 5.10. The van der Waals surface area contributed by atoms with E-state index in [1.807, 2.05) is 0 Å². The third-order valence-electron chi connectivity index (χ3n) is 3.50. The zero-order valence-corrected chi connectivity index (χ0v) is 12.0. The summed E-state index contributed by atoms with van der Waals surface area (Å²) in [6, 6.07) is 6.05. The molecule has 3 rings (SSSR count). The highest BCUT2D eigenvalue weighted by atomic mass is 19.1. The molecule has 2 aromatic carbocycles. The maximum atomic E-state index is 14.6. The van der Waals surface area contributed by atoms with Crippen molar-refractivity contribution in [2.75, 3.05) is 5.32 Å². The van der Waals surface area contributed by atoms with E-state index in [9.17, 15) is 13.6 Å². The Hall–Kier alpha value is -2.76. The van der Waals surface area contributed by atoms with E-state index in [4.69, 9.17) is 0 Å². The minimum absolute atomic E-state index is 0.0797. The van der Waals surface area contributed by atoms with Crippen LogP contribution in [0.25, 0.3) is 11.0 Å². The molecule has 1 heterocycles. The maximum Gasteiger partial charge on any atom is 0.175 e. The van der Waals surface area contributed by atoms with Gasteiger partial charge in [0.25, 0.3) is 0 Å². The first-order valence-electron chi connectivity index (χ1n) is 6.63. The monoisotopic (exact) mass is 301 g/mol. The number of fused-ring (bicyclic) bond motifs is 1. The highest BCUT2D eigenvalue weighted by Crippen LogP contribution is 2.30. The Morgan fingerprint density at radius 3 is 2.73 bits per heavy atom. The van der Waals surface area contributed by atoms with E-state index in [-0.39, 0.29) is 22.5 Å². The summed E-state index contributed by atoms with van der Waals surface area (Å²) < 4.78 is 30.1. The van der Waals surface area contributed by atoms with Gasteiger partial charge in [0.15, 0.2) is 12.1 Å². The van der Waals surface area contributed by atoms with Crippen LogP contribution in [0.15, 0.2) is 30.6 Å². The molecule has 3 aromatic rings. The number of rotatable bonds is 3. The molecule has 0 saturated carbocycles. The minimum Gasteiger partial charge on any atom is -0.350 e. The number of anilines is 2. The Labute approximate surface area is 125 Å². The van der Waals surface area contributed by atoms with Crippen molar-refractivity contribution in [2.24, 2.45) is 7.05 Å². The van der Waals surface area contributed by atoms with Crippen LogP contribution in [0.1, 0.15) is 15.9 Å². The summed E-state index contributed by atoms with van der Waals surface area (Å²) in [5.74, 6) is -1.20. The van der Waals surface area contributed by atoms with E-state index in [2.05, 4.69) is 10.3 Å². The largest absolute Gasteiger partial charge is 0.350 e. The van der Waals surface area contributed by atoms with E-state index in [0.29, 0.717) is 11.8 Å². The van der Waals surface area contributed by atoms with Crippen LogP contribution in [-0.4, -0.2) is 15.8 Å². The minimum atomic E-state index is -0.680. The molecule has 1 aromatic heterocycles. The Balaban J connectivity index is 2.17. The summed E-state index contributed by atoms with van der Waals surface area (Å²) in [5, 5.41) is 2.66. The molecule has 0 atom stereocenters. The molecule has 0 aliphatic rings. The van der Waals surface area contributed by atoms with Crippen LogP contribution < -0.4 is 5.32 Å². The normalized spacial score (nSPS) is 10.9. The van der Waals surface area contributed by atoms with Gasteiger partial charge in [-0.05, 0) is 30.7 Å². The molecule has 0 saturated heterocycles. The lowest BCUT2D eigenvalue weighted by molar-refractivity contribution is 0.112. The Kier molecular flexibility index (Phi) is 3.36. The van der Waals surface area contributed by atoms with Crippen LogP contribution in [-0.2, 0) is 7.05 Å². The Bertz CT molecular complexity index is 887. The van der Waals surface area contributed by atoms with Crippen molar-refractivity contribution in [3.63, 3.8) is 0 Å². The third-order valence-corrected chi connectivity index (χ3v) is 3.50. The van der Waals surface area contributed by atoms with Crippen LogP contribution in [0.2, 0.25) is 0 Å². The molecule has 6 heteroatoms. The van der Waals surface area contributed by atoms with Gasteiger partial charge >= 0.3 is 0 Å². The second kappa shape index (κ2) is 5.22. The van der Waals surface area contributed by atoms with Crippen molar-refractivity contribution in [2.45, 2.75) is 6.92 Å². The van der Waals surface area contributed by atoms with Gasteiger partial charge in [-0.3, -0.25) is 4.79 Å². The Morgan fingerprint density at radius 1 is 1.27 bits per heavy atom. The quantitative estimate of drug-likeness (QED) is 0.750. The number of carbonyl (C=O) groups excluding carboxylic acids is 1. The second-order valence-electron chi connectivity index (χ2n) is 5.10. The van der Waals surface area contributed by atoms with Gasteiger partial charge in [-0.15, -0.1) is 0 Å². The van der Waals surface area contributed by atoms with Gasteiger partial charge in [0, 0.05) is 12.6 Å². The molecule has 22 heavy (non-hydrogen) atoms. The van der Waals surface area contributed by atoms with Gasteiger partial charge in [0.05, 0.1) is 23.2 Å². The number of nitrogens with zero attached hydrogens (tertiary/aromatic N) is 2. The number of benzene rings is 2. The topological polar surface area (TPSA) is 46.9 Å². The van der Waals surface area contributed by atoms with Crippen molar-refractivity contribution in [1.82, 2.24) is 9.55 Å². The molecular weight excluding hydrogens is 288 g/mol. The van der Waals surface area contributed by atoms with Crippen molar-refractivity contribution in [3.8, 4) is 0 Å². The van der Waals surface area contributed by atoms with E-state index in [0.717, 1.165) is 5.56 Å².